The quantitative estimate of drug-likeness (QED) is 0.747. The number of aryl methyl sites for hydroxylation is 1. The zero-order valence-electron chi connectivity index (χ0n) is 17.6. The van der Waals surface area contributed by atoms with E-state index in [1.54, 1.807) is 32.2 Å². The molecular formula is C24H28N2O3. The predicted molar refractivity (Wildman–Crippen MR) is 115 cm³/mol. The van der Waals surface area contributed by atoms with Crippen LogP contribution in [-0.2, 0) is 13.0 Å². The fourth-order valence-electron chi connectivity index (χ4n) is 4.07. The molecule has 0 radical (unpaired) electrons. The lowest BCUT2D eigenvalue weighted by molar-refractivity contribution is 0.0827. The van der Waals surface area contributed by atoms with Crippen molar-refractivity contribution in [3.8, 4) is 16.9 Å². The average molecular weight is 392 g/mol. The Morgan fingerprint density at radius 1 is 1.24 bits per heavy atom. The molecule has 1 aromatic carbocycles. The summed E-state index contributed by atoms with van der Waals surface area (Å²) in [5.41, 5.74) is 5.51. The number of rotatable bonds is 6. The van der Waals surface area contributed by atoms with Crippen LogP contribution in [-0.4, -0.2) is 36.6 Å². The van der Waals surface area contributed by atoms with Gasteiger partial charge in [-0.05, 0) is 49.4 Å². The second-order valence-electron chi connectivity index (χ2n) is 8.45. The largest absolute Gasteiger partial charge is 0.496 e. The van der Waals surface area contributed by atoms with E-state index in [-0.39, 0.29) is 11.5 Å². The number of ether oxygens (including phenoxy) is 1. The standard InChI is InChI=1S/C24H28N2O3/c1-15-11-18-20(12-15)24(28)26(10-9-16-5-6-16)14-21(18)19-13-17(23(27)25(2)3)7-8-22(19)29-4/h7-8,11,13-14,16H,5-6,9-10,12H2,1-4H3. The predicted octanol–water partition coefficient (Wildman–Crippen LogP) is 3.99. The molecule has 4 rings (SSSR count). The number of aromatic nitrogens is 1. The molecule has 1 saturated carbocycles. The summed E-state index contributed by atoms with van der Waals surface area (Å²) in [5, 5.41) is 0. The van der Waals surface area contributed by atoms with Gasteiger partial charge in [-0.3, -0.25) is 9.59 Å². The molecule has 1 amide bonds. The number of carbonyl (C=O) groups is 1. The third kappa shape index (κ3) is 3.74. The molecule has 1 heterocycles. The Labute approximate surface area is 171 Å². The van der Waals surface area contributed by atoms with Gasteiger partial charge < -0.3 is 14.2 Å². The maximum atomic E-state index is 13.1. The summed E-state index contributed by atoms with van der Waals surface area (Å²) in [5.74, 6) is 1.40. The second-order valence-corrected chi connectivity index (χ2v) is 8.45. The molecule has 152 valence electrons. The molecule has 0 unspecified atom stereocenters. The van der Waals surface area contributed by atoms with Crippen LogP contribution in [0.2, 0.25) is 0 Å². The summed E-state index contributed by atoms with van der Waals surface area (Å²) in [4.78, 5) is 27.2. The van der Waals surface area contributed by atoms with Gasteiger partial charge >= 0.3 is 0 Å². The van der Waals surface area contributed by atoms with Crippen LogP contribution < -0.4 is 10.3 Å². The van der Waals surface area contributed by atoms with Gasteiger partial charge in [0.05, 0.1) is 7.11 Å². The number of methoxy groups -OCH3 is 1. The molecule has 0 bridgehead atoms. The SMILES string of the molecule is COc1ccc(C(=O)N(C)C)cc1-c1cn(CCC2CC2)c(=O)c2c1C=C(C)C2. The van der Waals surface area contributed by atoms with Crippen LogP contribution in [0.4, 0.5) is 0 Å². The van der Waals surface area contributed by atoms with E-state index in [2.05, 4.69) is 13.0 Å². The molecule has 0 spiro atoms. The normalized spacial score (nSPS) is 15.1. The van der Waals surface area contributed by atoms with Gasteiger partial charge in [0.2, 0.25) is 0 Å². The van der Waals surface area contributed by atoms with Crippen LogP contribution in [0.3, 0.4) is 0 Å². The van der Waals surface area contributed by atoms with E-state index in [0.717, 1.165) is 41.1 Å². The Balaban J connectivity index is 1.88. The summed E-state index contributed by atoms with van der Waals surface area (Å²) in [6, 6.07) is 5.51. The van der Waals surface area contributed by atoms with Crippen molar-refractivity contribution in [2.75, 3.05) is 21.2 Å². The maximum Gasteiger partial charge on any atom is 0.254 e. The molecule has 0 aliphatic heterocycles. The van der Waals surface area contributed by atoms with Crippen molar-refractivity contribution in [3.05, 3.63) is 57.0 Å². The number of benzene rings is 1. The fraction of sp³-hybridized carbons (Fsp3) is 0.417. The first-order valence-corrected chi connectivity index (χ1v) is 10.2. The van der Waals surface area contributed by atoms with Gasteiger partial charge in [0, 0.05) is 49.1 Å². The second kappa shape index (κ2) is 7.54. The lowest BCUT2D eigenvalue weighted by Gasteiger charge is -2.17. The molecule has 0 N–H and O–H groups in total. The Bertz CT molecular complexity index is 1060. The highest BCUT2D eigenvalue weighted by Crippen LogP contribution is 2.38. The van der Waals surface area contributed by atoms with Gasteiger partial charge in [-0.25, -0.2) is 0 Å². The number of fused-ring (bicyclic) bond motifs is 1. The Kier molecular flexibility index (Phi) is 5.07. The topological polar surface area (TPSA) is 51.5 Å². The third-order valence-corrected chi connectivity index (χ3v) is 5.88. The zero-order valence-corrected chi connectivity index (χ0v) is 17.6. The highest BCUT2D eigenvalue weighted by molar-refractivity contribution is 5.96. The number of allylic oxidation sites excluding steroid dienone is 1. The minimum absolute atomic E-state index is 0.0562. The fourth-order valence-corrected chi connectivity index (χ4v) is 4.07. The summed E-state index contributed by atoms with van der Waals surface area (Å²) in [6.45, 7) is 2.79. The lowest BCUT2D eigenvalue weighted by atomic mass is 9.96. The number of nitrogens with zero attached hydrogens (tertiary/aromatic N) is 2. The van der Waals surface area contributed by atoms with E-state index >= 15 is 0 Å². The smallest absolute Gasteiger partial charge is 0.254 e. The molecular weight excluding hydrogens is 364 g/mol. The number of pyridine rings is 1. The van der Waals surface area contributed by atoms with Crippen LogP contribution in [0.5, 0.6) is 5.75 Å². The number of hydrogen-bond donors (Lipinski definition) is 0. The first-order valence-electron chi connectivity index (χ1n) is 10.2. The van der Waals surface area contributed by atoms with Crippen LogP contribution in [0.1, 0.15) is 47.7 Å². The van der Waals surface area contributed by atoms with Gasteiger partial charge in [0.1, 0.15) is 5.75 Å². The van der Waals surface area contributed by atoms with Crippen molar-refractivity contribution < 1.29 is 9.53 Å². The minimum Gasteiger partial charge on any atom is -0.496 e. The van der Waals surface area contributed by atoms with Crippen molar-refractivity contribution in [3.63, 3.8) is 0 Å². The van der Waals surface area contributed by atoms with E-state index in [1.165, 1.54) is 18.4 Å². The number of hydrogen-bond acceptors (Lipinski definition) is 3. The van der Waals surface area contributed by atoms with E-state index < -0.39 is 0 Å². The van der Waals surface area contributed by atoms with Crippen molar-refractivity contribution in [1.82, 2.24) is 9.47 Å². The van der Waals surface area contributed by atoms with Crippen molar-refractivity contribution >= 4 is 12.0 Å². The lowest BCUT2D eigenvalue weighted by Crippen LogP contribution is -2.25. The highest BCUT2D eigenvalue weighted by Gasteiger charge is 2.25. The number of carbonyl (C=O) groups excluding carboxylic acids is 1. The summed E-state index contributed by atoms with van der Waals surface area (Å²) < 4.78 is 7.49. The monoisotopic (exact) mass is 392 g/mol. The molecule has 1 fully saturated rings. The summed E-state index contributed by atoms with van der Waals surface area (Å²) in [6.07, 6.45) is 8.33. The molecule has 2 aromatic rings. The molecule has 0 saturated heterocycles. The Hall–Kier alpha value is -2.82. The van der Waals surface area contributed by atoms with E-state index in [1.807, 2.05) is 22.9 Å². The van der Waals surface area contributed by atoms with Crippen LogP contribution in [0.15, 0.2) is 34.8 Å². The van der Waals surface area contributed by atoms with E-state index in [0.29, 0.717) is 17.7 Å². The summed E-state index contributed by atoms with van der Waals surface area (Å²) >= 11 is 0. The van der Waals surface area contributed by atoms with Crippen LogP contribution in [0.25, 0.3) is 17.2 Å². The van der Waals surface area contributed by atoms with Gasteiger partial charge in [-0.2, -0.15) is 0 Å². The Morgan fingerprint density at radius 3 is 2.66 bits per heavy atom. The Morgan fingerprint density at radius 2 is 2.00 bits per heavy atom. The third-order valence-electron chi connectivity index (χ3n) is 5.88. The van der Waals surface area contributed by atoms with Gasteiger partial charge in [-0.15, -0.1) is 0 Å². The molecule has 0 atom stereocenters. The highest BCUT2D eigenvalue weighted by atomic mass is 16.5. The van der Waals surface area contributed by atoms with Gasteiger partial charge in [0.15, 0.2) is 0 Å². The molecule has 5 nitrogen and oxygen atoms in total. The van der Waals surface area contributed by atoms with Crippen LogP contribution >= 0.6 is 0 Å². The van der Waals surface area contributed by atoms with Crippen molar-refractivity contribution in [1.29, 1.82) is 0 Å². The van der Waals surface area contributed by atoms with Crippen molar-refractivity contribution in [2.24, 2.45) is 5.92 Å². The maximum absolute atomic E-state index is 13.1. The molecule has 29 heavy (non-hydrogen) atoms. The molecule has 1 aromatic heterocycles. The first kappa shape index (κ1) is 19.5. The molecule has 5 heteroatoms. The first-order chi connectivity index (χ1) is 13.9. The van der Waals surface area contributed by atoms with Gasteiger partial charge in [-0.1, -0.05) is 24.5 Å². The van der Waals surface area contributed by atoms with E-state index in [9.17, 15) is 9.59 Å². The van der Waals surface area contributed by atoms with Crippen LogP contribution in [0, 0.1) is 5.92 Å². The van der Waals surface area contributed by atoms with Crippen molar-refractivity contribution in [2.45, 2.75) is 39.2 Å². The molecule has 2 aliphatic rings. The number of amides is 1. The van der Waals surface area contributed by atoms with Gasteiger partial charge in [0.25, 0.3) is 11.5 Å². The zero-order chi connectivity index (χ0) is 20.7. The minimum atomic E-state index is -0.0562. The summed E-state index contributed by atoms with van der Waals surface area (Å²) in [7, 11) is 5.12. The average Bonchev–Trinajstić information content (AvgIpc) is 3.45. The van der Waals surface area contributed by atoms with E-state index in [4.69, 9.17) is 4.74 Å². The molecule has 2 aliphatic carbocycles.